The van der Waals surface area contributed by atoms with Crippen LogP contribution in [-0.2, 0) is 0 Å². The van der Waals surface area contributed by atoms with Gasteiger partial charge in [-0.25, -0.2) is 4.98 Å². The summed E-state index contributed by atoms with van der Waals surface area (Å²) in [6.45, 7) is 1.90. The largest absolute Gasteiger partial charge is 0.293 e. The number of hydrogen-bond acceptors (Lipinski definition) is 3. The van der Waals surface area contributed by atoms with Gasteiger partial charge in [-0.3, -0.25) is 4.79 Å². The Morgan fingerprint density at radius 1 is 1.16 bits per heavy atom. The SMILES string of the molecule is CCC(=O)c1sc2ncccc2c1-c1ccccc1. The van der Waals surface area contributed by atoms with Crippen molar-refractivity contribution in [2.24, 2.45) is 0 Å². The Hall–Kier alpha value is -2.00. The van der Waals surface area contributed by atoms with Crippen LogP contribution >= 0.6 is 11.3 Å². The number of fused-ring (bicyclic) bond motifs is 1. The molecule has 0 bridgehead atoms. The van der Waals surface area contributed by atoms with Crippen molar-refractivity contribution in [1.82, 2.24) is 4.98 Å². The van der Waals surface area contributed by atoms with E-state index < -0.39 is 0 Å². The van der Waals surface area contributed by atoms with Crippen molar-refractivity contribution in [2.45, 2.75) is 13.3 Å². The number of aromatic nitrogens is 1. The molecule has 0 atom stereocenters. The number of benzene rings is 1. The summed E-state index contributed by atoms with van der Waals surface area (Å²) in [7, 11) is 0. The minimum atomic E-state index is 0.182. The van der Waals surface area contributed by atoms with Crippen LogP contribution < -0.4 is 0 Å². The number of thiophene rings is 1. The molecular weight excluding hydrogens is 254 g/mol. The van der Waals surface area contributed by atoms with Crippen molar-refractivity contribution >= 4 is 27.3 Å². The molecule has 0 radical (unpaired) electrons. The average Bonchev–Trinajstić information content (AvgIpc) is 2.86. The molecule has 0 aliphatic rings. The predicted octanol–water partition coefficient (Wildman–Crippen LogP) is 4.56. The van der Waals surface area contributed by atoms with Crippen molar-refractivity contribution in [1.29, 1.82) is 0 Å². The molecule has 2 aromatic heterocycles. The Morgan fingerprint density at radius 3 is 2.68 bits per heavy atom. The van der Waals surface area contributed by atoms with Gasteiger partial charge in [0.1, 0.15) is 4.83 Å². The smallest absolute Gasteiger partial charge is 0.173 e. The minimum Gasteiger partial charge on any atom is -0.293 e. The van der Waals surface area contributed by atoms with Crippen LogP contribution in [0.3, 0.4) is 0 Å². The van der Waals surface area contributed by atoms with Gasteiger partial charge in [0.2, 0.25) is 0 Å². The molecule has 94 valence electrons. The normalized spacial score (nSPS) is 10.8. The van der Waals surface area contributed by atoms with Gasteiger partial charge >= 0.3 is 0 Å². The van der Waals surface area contributed by atoms with Crippen LogP contribution in [0.25, 0.3) is 21.3 Å². The molecule has 3 rings (SSSR count). The van der Waals surface area contributed by atoms with E-state index >= 15 is 0 Å². The molecule has 0 aliphatic carbocycles. The van der Waals surface area contributed by atoms with Crippen LogP contribution in [0.2, 0.25) is 0 Å². The molecule has 0 saturated heterocycles. The van der Waals surface area contributed by atoms with Gasteiger partial charge in [0.05, 0.1) is 4.88 Å². The number of carbonyl (C=O) groups excluding carboxylic acids is 1. The molecule has 0 N–H and O–H groups in total. The summed E-state index contributed by atoms with van der Waals surface area (Å²) in [6.07, 6.45) is 2.29. The predicted molar refractivity (Wildman–Crippen MR) is 79.7 cm³/mol. The maximum Gasteiger partial charge on any atom is 0.173 e. The highest BCUT2D eigenvalue weighted by atomic mass is 32.1. The summed E-state index contributed by atoms with van der Waals surface area (Å²) in [4.78, 5) is 18.3. The van der Waals surface area contributed by atoms with Gasteiger partial charge in [-0.1, -0.05) is 37.3 Å². The maximum absolute atomic E-state index is 12.2. The zero-order valence-corrected chi connectivity index (χ0v) is 11.4. The van der Waals surface area contributed by atoms with E-state index in [1.54, 1.807) is 6.20 Å². The maximum atomic E-state index is 12.2. The van der Waals surface area contributed by atoms with Gasteiger partial charge in [-0.05, 0) is 17.7 Å². The lowest BCUT2D eigenvalue weighted by molar-refractivity contribution is 0.0992. The third-order valence-corrected chi connectivity index (χ3v) is 4.26. The number of Topliss-reactive ketones (excluding diaryl/α,β-unsaturated/α-hetero) is 1. The second kappa shape index (κ2) is 4.94. The fourth-order valence-corrected chi connectivity index (χ4v) is 3.36. The molecule has 3 heteroatoms. The summed E-state index contributed by atoms with van der Waals surface area (Å²) in [5, 5.41) is 1.07. The zero-order chi connectivity index (χ0) is 13.2. The van der Waals surface area contributed by atoms with Crippen molar-refractivity contribution in [3.05, 3.63) is 53.5 Å². The Kier molecular flexibility index (Phi) is 3.13. The third kappa shape index (κ3) is 2.06. The van der Waals surface area contributed by atoms with Gasteiger partial charge in [0, 0.05) is 23.6 Å². The Labute approximate surface area is 115 Å². The molecule has 0 saturated carbocycles. The van der Waals surface area contributed by atoms with E-state index in [1.165, 1.54) is 11.3 Å². The fourth-order valence-electron chi connectivity index (χ4n) is 2.18. The van der Waals surface area contributed by atoms with Crippen LogP contribution in [0.1, 0.15) is 23.0 Å². The van der Waals surface area contributed by atoms with E-state index in [-0.39, 0.29) is 5.78 Å². The molecule has 0 unspecified atom stereocenters. The van der Waals surface area contributed by atoms with Gasteiger partial charge in [-0.2, -0.15) is 0 Å². The lowest BCUT2D eigenvalue weighted by Crippen LogP contribution is -1.95. The molecule has 1 aromatic carbocycles. The number of hydrogen-bond donors (Lipinski definition) is 0. The summed E-state index contributed by atoms with van der Waals surface area (Å²) in [5.74, 6) is 0.182. The highest BCUT2D eigenvalue weighted by Crippen LogP contribution is 2.38. The molecule has 19 heavy (non-hydrogen) atoms. The van der Waals surface area contributed by atoms with Crippen molar-refractivity contribution < 1.29 is 4.79 Å². The Morgan fingerprint density at radius 2 is 1.95 bits per heavy atom. The first kappa shape index (κ1) is 12.1. The van der Waals surface area contributed by atoms with E-state index in [4.69, 9.17) is 0 Å². The number of carbonyl (C=O) groups is 1. The molecule has 0 fully saturated rings. The average molecular weight is 267 g/mol. The van der Waals surface area contributed by atoms with Gasteiger partial charge < -0.3 is 0 Å². The van der Waals surface area contributed by atoms with E-state index in [0.29, 0.717) is 6.42 Å². The summed E-state index contributed by atoms with van der Waals surface area (Å²) < 4.78 is 0. The summed E-state index contributed by atoms with van der Waals surface area (Å²) >= 11 is 1.49. The molecular formula is C16H13NOS. The molecule has 0 aliphatic heterocycles. The minimum absolute atomic E-state index is 0.182. The topological polar surface area (TPSA) is 30.0 Å². The Balaban J connectivity index is 2.34. The second-order valence-electron chi connectivity index (χ2n) is 4.31. The van der Waals surface area contributed by atoms with Crippen LogP contribution in [0, 0.1) is 0 Å². The van der Waals surface area contributed by atoms with Crippen molar-refractivity contribution in [3.63, 3.8) is 0 Å². The van der Waals surface area contributed by atoms with Crippen LogP contribution in [0.15, 0.2) is 48.7 Å². The molecule has 2 heterocycles. The first-order chi connectivity index (χ1) is 9.31. The standard InChI is InChI=1S/C16H13NOS/c1-2-13(18)15-14(11-7-4-3-5-8-11)12-9-6-10-17-16(12)19-15/h3-10H,2H2,1H3. The molecule has 0 amide bonds. The molecule has 3 aromatic rings. The van der Waals surface area contributed by atoms with Gasteiger partial charge in [0.25, 0.3) is 0 Å². The van der Waals surface area contributed by atoms with Crippen LogP contribution in [0.5, 0.6) is 0 Å². The lowest BCUT2D eigenvalue weighted by Gasteiger charge is -2.03. The number of nitrogens with zero attached hydrogens (tertiary/aromatic N) is 1. The molecule has 2 nitrogen and oxygen atoms in total. The Bertz CT molecular complexity index is 731. The van der Waals surface area contributed by atoms with E-state index in [2.05, 4.69) is 4.98 Å². The lowest BCUT2D eigenvalue weighted by atomic mass is 10.0. The van der Waals surface area contributed by atoms with Gasteiger partial charge in [0.15, 0.2) is 5.78 Å². The quantitative estimate of drug-likeness (QED) is 0.651. The van der Waals surface area contributed by atoms with Crippen molar-refractivity contribution in [2.75, 3.05) is 0 Å². The summed E-state index contributed by atoms with van der Waals surface area (Å²) in [6, 6.07) is 14.0. The van der Waals surface area contributed by atoms with Crippen LogP contribution in [-0.4, -0.2) is 10.8 Å². The van der Waals surface area contributed by atoms with Crippen LogP contribution in [0.4, 0.5) is 0 Å². The number of pyridine rings is 1. The number of ketones is 1. The fraction of sp³-hybridized carbons (Fsp3) is 0.125. The highest BCUT2D eigenvalue weighted by Gasteiger charge is 2.18. The van der Waals surface area contributed by atoms with Gasteiger partial charge in [-0.15, -0.1) is 11.3 Å². The second-order valence-corrected chi connectivity index (χ2v) is 5.30. The van der Waals surface area contributed by atoms with Crippen molar-refractivity contribution in [3.8, 4) is 11.1 Å². The first-order valence-corrected chi connectivity index (χ1v) is 7.09. The summed E-state index contributed by atoms with van der Waals surface area (Å²) in [5.41, 5.74) is 2.11. The molecule has 0 spiro atoms. The highest BCUT2D eigenvalue weighted by molar-refractivity contribution is 7.21. The number of rotatable bonds is 3. The van der Waals surface area contributed by atoms with E-state index in [9.17, 15) is 4.79 Å². The van der Waals surface area contributed by atoms with E-state index in [1.807, 2.05) is 49.4 Å². The zero-order valence-electron chi connectivity index (χ0n) is 10.6. The first-order valence-electron chi connectivity index (χ1n) is 6.27. The van der Waals surface area contributed by atoms with E-state index in [0.717, 1.165) is 26.2 Å². The monoisotopic (exact) mass is 267 g/mol. The third-order valence-electron chi connectivity index (χ3n) is 3.10.